The Morgan fingerprint density at radius 3 is 2.50 bits per heavy atom. The zero-order chi connectivity index (χ0) is 24.4. The Bertz CT molecular complexity index is 1120. The minimum absolute atomic E-state index is 0.0627. The van der Waals surface area contributed by atoms with Crippen LogP contribution < -0.4 is 10.6 Å². The first-order valence-corrected chi connectivity index (χ1v) is 10.6. The monoisotopic (exact) mass is 476 g/mol. The highest BCUT2D eigenvalue weighted by Crippen LogP contribution is 2.36. The van der Waals surface area contributed by atoms with Crippen molar-refractivity contribution in [2.45, 2.75) is 64.3 Å². The molecule has 0 radical (unpaired) electrons. The molecule has 0 saturated carbocycles. The number of carbonyl (C=O) groups is 4. The Morgan fingerprint density at radius 1 is 1.12 bits per heavy atom. The third kappa shape index (κ3) is 4.90. The molecule has 2 N–H and O–H groups in total. The molecular weight excluding hydrogens is 452 g/mol. The van der Waals surface area contributed by atoms with Gasteiger partial charge in [-0.15, -0.1) is 0 Å². The Balaban J connectivity index is 1.67. The van der Waals surface area contributed by atoms with Crippen LogP contribution in [0.1, 0.15) is 39.8 Å². The van der Waals surface area contributed by atoms with E-state index in [0.717, 1.165) is 0 Å². The maximum atomic E-state index is 11.9. The normalized spacial score (nSPS) is 26.2. The Labute approximate surface area is 193 Å². The van der Waals surface area contributed by atoms with E-state index in [9.17, 15) is 19.2 Å². The zero-order valence-electron chi connectivity index (χ0n) is 18.7. The van der Waals surface area contributed by atoms with Crippen LogP contribution in [0.4, 0.5) is 5.82 Å². The van der Waals surface area contributed by atoms with Crippen LogP contribution in [0.2, 0.25) is 0 Å². The standard InChI is InChI=1S/C20H24N6O8/c1-9(27)31-6-12-16(32-10(2)28)17(33-11(3)29)20(34-12)26-8-23-15-18(21-7-22-19(15)26)25-13-4-5-14(30)24-13/h7-8,12-13,16-17,20H,4-6H2,1-3H3,(H,24,30)(H,21,22,25)/t12-,13?,16-,17-,20-/m1/s1. The number of aromatic nitrogens is 4. The Morgan fingerprint density at radius 2 is 1.85 bits per heavy atom. The maximum absolute atomic E-state index is 11.9. The van der Waals surface area contributed by atoms with Crippen molar-refractivity contribution in [1.82, 2.24) is 24.8 Å². The van der Waals surface area contributed by atoms with E-state index in [1.54, 1.807) is 0 Å². The summed E-state index contributed by atoms with van der Waals surface area (Å²) in [6.45, 7) is 3.43. The van der Waals surface area contributed by atoms with E-state index >= 15 is 0 Å². The molecule has 5 atom stereocenters. The lowest BCUT2D eigenvalue weighted by atomic mass is 10.1. The first kappa shape index (κ1) is 23.4. The maximum Gasteiger partial charge on any atom is 0.303 e. The second kappa shape index (κ2) is 9.59. The van der Waals surface area contributed by atoms with Crippen LogP contribution in [-0.4, -0.2) is 74.4 Å². The van der Waals surface area contributed by atoms with Gasteiger partial charge < -0.3 is 29.6 Å². The average Bonchev–Trinajstić information content (AvgIpc) is 3.45. The number of hydrogen-bond donors (Lipinski definition) is 2. The van der Waals surface area contributed by atoms with E-state index in [2.05, 4.69) is 25.6 Å². The Hall–Kier alpha value is -3.81. The van der Waals surface area contributed by atoms with Crippen LogP contribution in [0.5, 0.6) is 0 Å². The molecule has 0 bridgehead atoms. The molecule has 4 heterocycles. The largest absolute Gasteiger partial charge is 0.463 e. The van der Waals surface area contributed by atoms with Crippen molar-refractivity contribution in [1.29, 1.82) is 0 Å². The molecule has 4 rings (SSSR count). The van der Waals surface area contributed by atoms with Crippen LogP contribution in [0.25, 0.3) is 11.2 Å². The van der Waals surface area contributed by atoms with Crippen molar-refractivity contribution in [2.75, 3.05) is 11.9 Å². The summed E-state index contributed by atoms with van der Waals surface area (Å²) in [5, 5.41) is 5.92. The van der Waals surface area contributed by atoms with Gasteiger partial charge in [-0.25, -0.2) is 15.0 Å². The van der Waals surface area contributed by atoms with Crippen molar-refractivity contribution >= 4 is 40.8 Å². The average molecular weight is 476 g/mol. The van der Waals surface area contributed by atoms with Crippen LogP contribution in [0.15, 0.2) is 12.7 Å². The number of carbonyl (C=O) groups excluding carboxylic acids is 4. The second-order valence-electron chi connectivity index (χ2n) is 7.87. The third-order valence-corrected chi connectivity index (χ3v) is 5.28. The summed E-state index contributed by atoms with van der Waals surface area (Å²) >= 11 is 0. The van der Waals surface area contributed by atoms with Gasteiger partial charge in [-0.05, 0) is 6.42 Å². The summed E-state index contributed by atoms with van der Waals surface area (Å²) in [6, 6.07) is 0. The number of nitrogens with zero attached hydrogens (tertiary/aromatic N) is 4. The van der Waals surface area contributed by atoms with Gasteiger partial charge in [0.25, 0.3) is 0 Å². The predicted octanol–water partition coefficient (Wildman–Crippen LogP) is -0.202. The summed E-state index contributed by atoms with van der Waals surface area (Å²) in [7, 11) is 0. The van der Waals surface area contributed by atoms with Crippen molar-refractivity contribution in [3.63, 3.8) is 0 Å². The molecule has 0 spiro atoms. The number of amides is 1. The highest BCUT2D eigenvalue weighted by atomic mass is 16.7. The fourth-order valence-corrected chi connectivity index (χ4v) is 3.95. The summed E-state index contributed by atoms with van der Waals surface area (Å²) in [5.41, 5.74) is 0.736. The topological polar surface area (TPSA) is 173 Å². The lowest BCUT2D eigenvalue weighted by molar-refractivity contribution is -0.166. The molecule has 2 aromatic heterocycles. The molecule has 2 saturated heterocycles. The van der Waals surface area contributed by atoms with Crippen molar-refractivity contribution in [2.24, 2.45) is 0 Å². The van der Waals surface area contributed by atoms with Crippen LogP contribution in [0.3, 0.4) is 0 Å². The quantitative estimate of drug-likeness (QED) is 0.398. The first-order chi connectivity index (χ1) is 16.2. The lowest BCUT2D eigenvalue weighted by Crippen LogP contribution is -2.40. The summed E-state index contributed by atoms with van der Waals surface area (Å²) in [5.74, 6) is -1.46. The minimum Gasteiger partial charge on any atom is -0.463 e. The van der Waals surface area contributed by atoms with E-state index in [1.807, 2.05) is 0 Å². The van der Waals surface area contributed by atoms with Gasteiger partial charge in [-0.1, -0.05) is 0 Å². The molecule has 0 aliphatic carbocycles. The molecule has 2 aliphatic heterocycles. The molecule has 1 unspecified atom stereocenters. The van der Waals surface area contributed by atoms with E-state index in [1.165, 1.54) is 38.0 Å². The van der Waals surface area contributed by atoms with Crippen LogP contribution in [-0.2, 0) is 38.1 Å². The SMILES string of the molecule is CC(=O)OC[C@H]1O[C@@H](n2cnc3c(NC4CCC(=O)N4)ncnc32)[C@H](OC(C)=O)[C@@H]1OC(C)=O. The number of fused-ring (bicyclic) bond motifs is 1. The van der Waals surface area contributed by atoms with Crippen molar-refractivity contribution < 1.29 is 38.1 Å². The van der Waals surface area contributed by atoms with Gasteiger partial charge in [0.05, 0.1) is 6.33 Å². The molecular formula is C20H24N6O8. The number of hydrogen-bond acceptors (Lipinski definition) is 12. The van der Waals surface area contributed by atoms with Crippen molar-refractivity contribution in [3.8, 4) is 0 Å². The van der Waals surface area contributed by atoms with Crippen LogP contribution in [0, 0.1) is 0 Å². The number of imidazole rings is 1. The third-order valence-electron chi connectivity index (χ3n) is 5.28. The summed E-state index contributed by atoms with van der Waals surface area (Å²) in [6.07, 6.45) is -0.576. The minimum atomic E-state index is -1.07. The number of rotatable bonds is 7. The van der Waals surface area contributed by atoms with E-state index in [-0.39, 0.29) is 18.7 Å². The summed E-state index contributed by atoms with van der Waals surface area (Å²) < 4.78 is 23.4. The summed E-state index contributed by atoms with van der Waals surface area (Å²) in [4.78, 5) is 59.3. The van der Waals surface area contributed by atoms with E-state index in [0.29, 0.717) is 29.8 Å². The molecule has 14 heteroatoms. The molecule has 0 aromatic carbocycles. The predicted molar refractivity (Wildman–Crippen MR) is 112 cm³/mol. The van der Waals surface area contributed by atoms with Gasteiger partial charge in [0.15, 0.2) is 35.4 Å². The van der Waals surface area contributed by atoms with Gasteiger partial charge in [0.1, 0.15) is 25.2 Å². The lowest BCUT2D eigenvalue weighted by Gasteiger charge is -2.23. The zero-order valence-corrected chi connectivity index (χ0v) is 18.7. The molecule has 1 amide bonds. The van der Waals surface area contributed by atoms with E-state index < -0.39 is 42.4 Å². The van der Waals surface area contributed by atoms with Crippen molar-refractivity contribution in [3.05, 3.63) is 12.7 Å². The van der Waals surface area contributed by atoms with E-state index in [4.69, 9.17) is 18.9 Å². The van der Waals surface area contributed by atoms with Gasteiger partial charge in [-0.2, -0.15) is 0 Å². The number of ether oxygens (including phenoxy) is 4. The first-order valence-electron chi connectivity index (χ1n) is 10.6. The highest BCUT2D eigenvalue weighted by Gasteiger charge is 2.51. The highest BCUT2D eigenvalue weighted by molar-refractivity contribution is 5.84. The molecule has 2 aromatic rings. The second-order valence-corrected chi connectivity index (χ2v) is 7.87. The smallest absolute Gasteiger partial charge is 0.303 e. The van der Waals surface area contributed by atoms with Gasteiger partial charge in [0, 0.05) is 27.2 Å². The van der Waals surface area contributed by atoms with Crippen LogP contribution >= 0.6 is 0 Å². The fraction of sp³-hybridized carbons (Fsp3) is 0.550. The number of esters is 3. The van der Waals surface area contributed by atoms with Gasteiger partial charge in [-0.3, -0.25) is 23.7 Å². The molecule has 34 heavy (non-hydrogen) atoms. The molecule has 2 aliphatic rings. The molecule has 2 fully saturated rings. The number of anilines is 1. The fourth-order valence-electron chi connectivity index (χ4n) is 3.95. The Kier molecular flexibility index (Phi) is 6.58. The van der Waals surface area contributed by atoms with Gasteiger partial charge in [0.2, 0.25) is 5.91 Å². The molecule has 14 nitrogen and oxygen atoms in total. The van der Waals surface area contributed by atoms with Gasteiger partial charge >= 0.3 is 17.9 Å². The molecule has 182 valence electrons. The number of nitrogens with one attached hydrogen (secondary N) is 2.